The lowest BCUT2D eigenvalue weighted by atomic mass is 9.94. The van der Waals surface area contributed by atoms with Crippen molar-refractivity contribution in [1.29, 1.82) is 0 Å². The lowest BCUT2D eigenvalue weighted by molar-refractivity contribution is 0.669. The Kier molecular flexibility index (Phi) is 7.19. The molecule has 0 amide bonds. The molecule has 5 heteroatoms. The number of para-hydroxylation sites is 2. The van der Waals surface area contributed by atoms with Gasteiger partial charge in [0.1, 0.15) is 17.0 Å². The minimum Gasteiger partial charge on any atom is -0.456 e. The fourth-order valence-electron chi connectivity index (χ4n) is 8.91. The fourth-order valence-corrected chi connectivity index (χ4v) is 10.2. The third-order valence-electron chi connectivity index (χ3n) is 11.5. The van der Waals surface area contributed by atoms with E-state index in [1.807, 2.05) is 11.8 Å². The number of hydrogen-bond donors (Lipinski definition) is 1. The van der Waals surface area contributed by atoms with E-state index in [9.17, 15) is 0 Å². The first-order valence-corrected chi connectivity index (χ1v) is 20.1. The van der Waals surface area contributed by atoms with Crippen molar-refractivity contribution in [2.45, 2.75) is 10.9 Å². The molecule has 4 nitrogen and oxygen atoms in total. The molecule has 2 aliphatic heterocycles. The Hall–Kier alpha value is -7.08. The standard InChI is InChI=1S/C52H33N3OS/c1-3-14-32(15-4-1)36-18-7-8-19-37(36)33-26-28-39-46(31-33)56-45-24-13-22-41(48(39)45)52-53-49(51-50(54-52)40-21-10-12-25-47(40)57-51)34-27-29-44-42(30-34)38-20-9-11-23-43(38)55(44)35-16-5-2-6-17-35/h1-31,50H,(H,53,54). The number of hydrogen-bond acceptors (Lipinski definition) is 4. The highest BCUT2D eigenvalue weighted by molar-refractivity contribution is 8.03. The smallest absolute Gasteiger partial charge is 0.136 e. The van der Waals surface area contributed by atoms with Crippen LogP contribution >= 0.6 is 11.8 Å². The molecule has 1 unspecified atom stereocenters. The second-order valence-corrected chi connectivity index (χ2v) is 15.8. The largest absolute Gasteiger partial charge is 0.456 e. The van der Waals surface area contributed by atoms with E-state index in [1.54, 1.807) is 0 Å². The van der Waals surface area contributed by atoms with Crippen LogP contribution in [0.5, 0.6) is 0 Å². The van der Waals surface area contributed by atoms with Gasteiger partial charge < -0.3 is 14.3 Å². The minimum absolute atomic E-state index is 0.0235. The first-order chi connectivity index (χ1) is 28.3. The zero-order valence-corrected chi connectivity index (χ0v) is 31.5. The van der Waals surface area contributed by atoms with Gasteiger partial charge in [-0.3, -0.25) is 0 Å². The normalized spacial score (nSPS) is 14.9. The highest BCUT2D eigenvalue weighted by Gasteiger charge is 2.36. The molecule has 0 saturated carbocycles. The molecule has 0 radical (unpaired) electrons. The summed E-state index contributed by atoms with van der Waals surface area (Å²) < 4.78 is 9.04. The number of furan rings is 1. The zero-order chi connectivity index (χ0) is 37.5. The van der Waals surface area contributed by atoms with Crippen molar-refractivity contribution in [3.05, 3.63) is 210 Å². The molecule has 1 atom stereocenters. The highest BCUT2D eigenvalue weighted by Crippen LogP contribution is 2.52. The van der Waals surface area contributed by atoms with Crippen LogP contribution in [0, 0.1) is 0 Å². The van der Waals surface area contributed by atoms with Crippen molar-refractivity contribution in [2.75, 3.05) is 0 Å². The van der Waals surface area contributed by atoms with Gasteiger partial charge in [-0.2, -0.15) is 0 Å². The molecule has 0 saturated heterocycles. The molecule has 2 aromatic heterocycles. The molecule has 12 rings (SSSR count). The van der Waals surface area contributed by atoms with Crippen molar-refractivity contribution >= 4 is 67.0 Å². The van der Waals surface area contributed by atoms with E-state index in [4.69, 9.17) is 9.41 Å². The Morgan fingerprint density at radius 3 is 2.09 bits per heavy atom. The molecule has 0 fully saturated rings. The summed E-state index contributed by atoms with van der Waals surface area (Å²) in [5.41, 5.74) is 14.3. The van der Waals surface area contributed by atoms with Gasteiger partial charge in [-0.1, -0.05) is 145 Å². The van der Waals surface area contributed by atoms with Crippen LogP contribution in [0.25, 0.3) is 77.4 Å². The number of nitrogens with one attached hydrogen (secondary N) is 1. The van der Waals surface area contributed by atoms with Crippen LogP contribution in [0.2, 0.25) is 0 Å². The van der Waals surface area contributed by atoms with Gasteiger partial charge in [-0.25, -0.2) is 4.99 Å². The molecule has 4 heterocycles. The van der Waals surface area contributed by atoms with E-state index in [0.29, 0.717) is 0 Å². The van der Waals surface area contributed by atoms with E-state index in [-0.39, 0.29) is 6.04 Å². The van der Waals surface area contributed by atoms with E-state index in [0.717, 1.165) is 55.8 Å². The number of nitrogens with zero attached hydrogens (tertiary/aromatic N) is 2. The predicted molar refractivity (Wildman–Crippen MR) is 237 cm³/mol. The first kappa shape index (κ1) is 32.2. The van der Waals surface area contributed by atoms with Crippen molar-refractivity contribution < 1.29 is 4.42 Å². The molecule has 0 bridgehead atoms. The number of fused-ring (bicyclic) bond motifs is 9. The first-order valence-electron chi connectivity index (χ1n) is 19.3. The van der Waals surface area contributed by atoms with Gasteiger partial charge in [0, 0.05) is 48.2 Å². The maximum absolute atomic E-state index is 6.67. The number of thioether (sulfide) groups is 1. The topological polar surface area (TPSA) is 42.5 Å². The molecule has 57 heavy (non-hydrogen) atoms. The van der Waals surface area contributed by atoms with E-state index >= 15 is 0 Å². The third-order valence-corrected chi connectivity index (χ3v) is 12.7. The molecular formula is C52H33N3OS. The van der Waals surface area contributed by atoms with Crippen LogP contribution in [0.3, 0.4) is 0 Å². The number of rotatable bonds is 5. The van der Waals surface area contributed by atoms with Crippen LogP contribution < -0.4 is 5.32 Å². The number of aliphatic imine (C=N–C) groups is 1. The van der Waals surface area contributed by atoms with Crippen molar-refractivity contribution in [3.8, 4) is 27.9 Å². The summed E-state index contributed by atoms with van der Waals surface area (Å²) in [7, 11) is 0. The van der Waals surface area contributed by atoms with Crippen molar-refractivity contribution in [3.63, 3.8) is 0 Å². The van der Waals surface area contributed by atoms with Gasteiger partial charge in [-0.15, -0.1) is 0 Å². The maximum atomic E-state index is 6.67. The summed E-state index contributed by atoms with van der Waals surface area (Å²) in [4.78, 5) is 8.04. The molecular weight excluding hydrogens is 715 g/mol. The zero-order valence-electron chi connectivity index (χ0n) is 30.7. The summed E-state index contributed by atoms with van der Waals surface area (Å²) in [6.45, 7) is 0. The quantitative estimate of drug-likeness (QED) is 0.191. The van der Waals surface area contributed by atoms with Crippen molar-refractivity contribution in [1.82, 2.24) is 9.88 Å². The fraction of sp³-hybridized carbons (Fsp3) is 0.0192. The summed E-state index contributed by atoms with van der Waals surface area (Å²) in [6.07, 6.45) is 0. The Bertz CT molecular complexity index is 3300. The van der Waals surface area contributed by atoms with Gasteiger partial charge in [0.15, 0.2) is 0 Å². The number of aromatic nitrogens is 1. The van der Waals surface area contributed by atoms with Crippen LogP contribution in [0.4, 0.5) is 0 Å². The summed E-state index contributed by atoms with van der Waals surface area (Å²) >= 11 is 1.82. The van der Waals surface area contributed by atoms with Crippen molar-refractivity contribution in [2.24, 2.45) is 4.99 Å². The Morgan fingerprint density at radius 2 is 1.21 bits per heavy atom. The summed E-state index contributed by atoms with van der Waals surface area (Å²) in [5.74, 6) is 0.842. The third kappa shape index (κ3) is 5.06. The summed E-state index contributed by atoms with van der Waals surface area (Å²) in [6, 6.07) is 67.0. The van der Waals surface area contributed by atoms with Gasteiger partial charge >= 0.3 is 0 Å². The predicted octanol–water partition coefficient (Wildman–Crippen LogP) is 13.6. The van der Waals surface area contributed by atoms with E-state index in [1.165, 1.54) is 53.9 Å². The van der Waals surface area contributed by atoms with Gasteiger partial charge in [-0.05, 0) is 82.4 Å². The van der Waals surface area contributed by atoms with E-state index in [2.05, 4.69) is 198 Å². The number of benzene rings is 8. The molecule has 0 aliphatic carbocycles. The lowest BCUT2D eigenvalue weighted by Gasteiger charge is -2.26. The van der Waals surface area contributed by atoms with Gasteiger partial charge in [0.05, 0.1) is 22.8 Å². The van der Waals surface area contributed by atoms with Crippen LogP contribution in [-0.2, 0) is 0 Å². The second-order valence-electron chi connectivity index (χ2n) is 14.7. The van der Waals surface area contributed by atoms with Crippen LogP contribution in [-0.4, -0.2) is 10.4 Å². The maximum Gasteiger partial charge on any atom is 0.136 e. The number of amidine groups is 1. The SMILES string of the molecule is c1ccc(-c2ccccc2-c2ccc3c(c2)oc2cccc(C4=NC(c5ccc6c(c5)c5ccccc5n6-c5ccccc5)=C5Sc6ccccc6C5N4)c23)cc1. The average Bonchev–Trinajstić information content (AvgIpc) is 3.96. The lowest BCUT2D eigenvalue weighted by Crippen LogP contribution is -2.32. The van der Waals surface area contributed by atoms with E-state index < -0.39 is 0 Å². The highest BCUT2D eigenvalue weighted by atomic mass is 32.2. The Balaban J connectivity index is 1.03. The van der Waals surface area contributed by atoms with Crippen LogP contribution in [0.15, 0.2) is 207 Å². The Labute approximate surface area is 333 Å². The molecule has 10 aromatic rings. The second kappa shape index (κ2) is 12.7. The molecule has 0 spiro atoms. The molecule has 268 valence electrons. The van der Waals surface area contributed by atoms with Gasteiger partial charge in [0.25, 0.3) is 0 Å². The minimum atomic E-state index is -0.0235. The summed E-state index contributed by atoms with van der Waals surface area (Å²) in [5, 5.41) is 8.47. The average molecular weight is 748 g/mol. The molecule has 8 aromatic carbocycles. The monoisotopic (exact) mass is 747 g/mol. The Morgan fingerprint density at radius 1 is 0.509 bits per heavy atom. The van der Waals surface area contributed by atoms with Gasteiger partial charge in [0.2, 0.25) is 0 Å². The molecule has 1 N–H and O–H groups in total. The van der Waals surface area contributed by atoms with Crippen LogP contribution in [0.1, 0.15) is 22.7 Å². The molecule has 2 aliphatic rings.